The lowest BCUT2D eigenvalue weighted by atomic mass is 9.90. The lowest BCUT2D eigenvalue weighted by Crippen LogP contribution is -2.21. The molecule has 3 aromatic carbocycles. The first-order valence-corrected chi connectivity index (χ1v) is 12.8. The molecule has 0 amide bonds. The number of carbonyl (C=O) groups is 2. The summed E-state index contributed by atoms with van der Waals surface area (Å²) in [5.41, 5.74) is 2.13. The molecule has 5 aromatic rings. The highest BCUT2D eigenvalue weighted by atomic mass is 16.5. The zero-order chi connectivity index (χ0) is 29.4. The lowest BCUT2D eigenvalue weighted by Gasteiger charge is -2.14. The second-order valence-electron chi connectivity index (χ2n) is 10.0. The molecule has 2 heterocycles. The molecule has 1 N–H and O–H groups in total. The number of hydrogen-bond donors (Lipinski definition) is 1. The van der Waals surface area contributed by atoms with Crippen LogP contribution in [0.4, 0.5) is 0 Å². The normalized spacial score (nSPS) is 12.5. The number of carbonyl (C=O) groups excluding carboxylic acids is 2. The van der Waals surface area contributed by atoms with Crippen LogP contribution in [0.15, 0.2) is 51.3 Å². The molecule has 212 valence electrons. The first-order valence-electron chi connectivity index (χ1n) is 12.8. The topological polar surface area (TPSA) is 131 Å². The van der Waals surface area contributed by atoms with Crippen molar-refractivity contribution < 1.29 is 33.0 Å². The SMILES string of the molecule is COc1cccc2c(O)cc3nc(CN(C)C)oc3c12.COc1cccc2c1-c1oc(CN(C)C)nc1C(=O)C2=O. The van der Waals surface area contributed by atoms with E-state index in [4.69, 9.17) is 18.3 Å². The summed E-state index contributed by atoms with van der Waals surface area (Å²) in [6, 6.07) is 12.1. The molecule has 0 saturated carbocycles. The highest BCUT2D eigenvalue weighted by molar-refractivity contribution is 6.52. The van der Waals surface area contributed by atoms with E-state index in [1.54, 1.807) is 31.4 Å². The number of rotatable bonds is 6. The van der Waals surface area contributed by atoms with Crippen molar-refractivity contribution in [2.75, 3.05) is 42.4 Å². The molecule has 41 heavy (non-hydrogen) atoms. The number of ether oxygens (including phenoxy) is 2. The van der Waals surface area contributed by atoms with Gasteiger partial charge in [0.2, 0.25) is 17.6 Å². The number of fused-ring (bicyclic) bond motifs is 6. The molecule has 0 radical (unpaired) electrons. The fourth-order valence-corrected chi connectivity index (χ4v) is 4.73. The lowest BCUT2D eigenvalue weighted by molar-refractivity contribution is 0.0812. The maximum Gasteiger partial charge on any atom is 0.255 e. The number of aromatic hydroxyl groups is 1. The molecular weight excluding hydrogens is 528 g/mol. The number of Topliss-reactive ketones (excluding diaryl/α,β-unsaturated/α-hetero) is 2. The van der Waals surface area contributed by atoms with Gasteiger partial charge in [0, 0.05) is 17.0 Å². The first kappa shape index (κ1) is 27.8. The summed E-state index contributed by atoms with van der Waals surface area (Å²) in [7, 11) is 10.7. The van der Waals surface area contributed by atoms with Crippen molar-refractivity contribution in [3.8, 4) is 28.6 Å². The van der Waals surface area contributed by atoms with Gasteiger partial charge in [-0.15, -0.1) is 0 Å². The molecular formula is C30H30N4O7. The Bertz CT molecular complexity index is 1790. The van der Waals surface area contributed by atoms with E-state index < -0.39 is 11.6 Å². The number of benzene rings is 3. The third-order valence-corrected chi connectivity index (χ3v) is 6.43. The van der Waals surface area contributed by atoms with Gasteiger partial charge in [0.15, 0.2) is 17.0 Å². The smallest absolute Gasteiger partial charge is 0.255 e. The molecule has 0 spiro atoms. The maximum atomic E-state index is 12.2. The van der Waals surface area contributed by atoms with E-state index in [1.807, 2.05) is 56.2 Å². The second kappa shape index (κ2) is 11.0. The molecule has 0 fully saturated rings. The third kappa shape index (κ3) is 5.12. The average Bonchev–Trinajstić information content (AvgIpc) is 3.54. The number of oxazole rings is 2. The number of hydrogen-bond acceptors (Lipinski definition) is 11. The Morgan fingerprint density at radius 3 is 2.12 bits per heavy atom. The van der Waals surface area contributed by atoms with Gasteiger partial charge >= 0.3 is 0 Å². The van der Waals surface area contributed by atoms with Gasteiger partial charge in [0.25, 0.3) is 5.78 Å². The number of phenolic OH excluding ortho intramolecular Hbond substituents is 1. The van der Waals surface area contributed by atoms with Gasteiger partial charge in [-0.2, -0.15) is 0 Å². The van der Waals surface area contributed by atoms with Crippen LogP contribution in [-0.4, -0.2) is 78.9 Å². The Morgan fingerprint density at radius 2 is 1.46 bits per heavy atom. The fraction of sp³-hybridized carbons (Fsp3) is 0.267. The molecule has 1 aliphatic carbocycles. The maximum absolute atomic E-state index is 12.2. The second-order valence-corrected chi connectivity index (χ2v) is 10.0. The minimum absolute atomic E-state index is 0.0638. The van der Waals surface area contributed by atoms with Crippen LogP contribution < -0.4 is 9.47 Å². The Hall–Kier alpha value is -4.74. The predicted octanol–water partition coefficient (Wildman–Crippen LogP) is 4.55. The zero-order valence-corrected chi connectivity index (χ0v) is 23.6. The molecule has 11 heteroatoms. The Labute approximate surface area is 235 Å². The quantitative estimate of drug-likeness (QED) is 0.295. The van der Waals surface area contributed by atoms with E-state index in [0.29, 0.717) is 69.7 Å². The van der Waals surface area contributed by atoms with E-state index in [-0.39, 0.29) is 11.4 Å². The molecule has 2 aromatic heterocycles. The van der Waals surface area contributed by atoms with E-state index in [1.165, 1.54) is 7.11 Å². The average molecular weight is 559 g/mol. The van der Waals surface area contributed by atoms with Crippen molar-refractivity contribution >= 4 is 33.4 Å². The highest BCUT2D eigenvalue weighted by Gasteiger charge is 2.37. The van der Waals surface area contributed by atoms with Crippen LogP contribution in [0.1, 0.15) is 32.6 Å². The first-order chi connectivity index (χ1) is 19.6. The molecule has 11 nitrogen and oxygen atoms in total. The largest absolute Gasteiger partial charge is 0.507 e. The van der Waals surface area contributed by atoms with Gasteiger partial charge in [-0.05, 0) is 46.4 Å². The van der Waals surface area contributed by atoms with Crippen molar-refractivity contribution in [3.05, 3.63) is 65.5 Å². The van der Waals surface area contributed by atoms with Crippen molar-refractivity contribution in [2.45, 2.75) is 13.1 Å². The van der Waals surface area contributed by atoms with Gasteiger partial charge in [-0.25, -0.2) is 9.97 Å². The zero-order valence-electron chi connectivity index (χ0n) is 23.6. The highest BCUT2D eigenvalue weighted by Crippen LogP contribution is 2.41. The Morgan fingerprint density at radius 1 is 0.829 bits per heavy atom. The molecule has 0 unspecified atom stereocenters. The number of phenols is 1. The Kier molecular flexibility index (Phi) is 7.48. The number of nitrogens with zero attached hydrogens (tertiary/aromatic N) is 4. The van der Waals surface area contributed by atoms with Crippen LogP contribution in [0.3, 0.4) is 0 Å². The third-order valence-electron chi connectivity index (χ3n) is 6.43. The van der Waals surface area contributed by atoms with E-state index >= 15 is 0 Å². The minimum atomic E-state index is -0.639. The van der Waals surface area contributed by atoms with Gasteiger partial charge < -0.3 is 33.2 Å². The van der Waals surface area contributed by atoms with Gasteiger partial charge in [-0.3, -0.25) is 9.59 Å². The molecule has 0 aliphatic heterocycles. The molecule has 1 aliphatic rings. The molecule has 0 saturated heterocycles. The van der Waals surface area contributed by atoms with Crippen LogP contribution in [0.2, 0.25) is 0 Å². The number of methoxy groups -OCH3 is 2. The summed E-state index contributed by atoms with van der Waals surface area (Å²) >= 11 is 0. The summed E-state index contributed by atoms with van der Waals surface area (Å²) in [6.07, 6.45) is 0. The summed E-state index contributed by atoms with van der Waals surface area (Å²) in [5.74, 6) is 1.42. The van der Waals surface area contributed by atoms with Crippen LogP contribution >= 0.6 is 0 Å². The van der Waals surface area contributed by atoms with E-state index in [9.17, 15) is 14.7 Å². The number of ketones is 2. The minimum Gasteiger partial charge on any atom is -0.507 e. The molecule has 0 atom stereocenters. The van der Waals surface area contributed by atoms with Crippen LogP contribution in [-0.2, 0) is 13.1 Å². The van der Waals surface area contributed by atoms with Gasteiger partial charge in [0.05, 0.1) is 38.3 Å². The molecule has 6 rings (SSSR count). The Balaban J connectivity index is 0.000000165. The standard InChI is InChI=1S/C15H14N2O4.C15H16N2O3/c1-17(2)7-10-16-12-14(19)13(18)8-5-4-6-9(20-3)11(8)15(12)21-10;1-17(2)8-13-16-10-7-11(18)9-5-4-6-12(19-3)14(9)15(10)20-13/h4-6H,7H2,1-3H3;4-7,18H,8H2,1-3H3. The van der Waals surface area contributed by atoms with Gasteiger partial charge in [0.1, 0.15) is 22.8 Å². The van der Waals surface area contributed by atoms with Crippen LogP contribution in [0.25, 0.3) is 33.2 Å². The van der Waals surface area contributed by atoms with E-state index in [0.717, 1.165) is 5.39 Å². The van der Waals surface area contributed by atoms with Crippen molar-refractivity contribution in [3.63, 3.8) is 0 Å². The van der Waals surface area contributed by atoms with Crippen molar-refractivity contribution in [2.24, 2.45) is 0 Å². The fourth-order valence-electron chi connectivity index (χ4n) is 4.73. The van der Waals surface area contributed by atoms with E-state index in [2.05, 4.69) is 9.97 Å². The summed E-state index contributed by atoms with van der Waals surface area (Å²) < 4.78 is 22.2. The molecule has 0 bridgehead atoms. The summed E-state index contributed by atoms with van der Waals surface area (Å²) in [4.78, 5) is 36.8. The van der Waals surface area contributed by atoms with Gasteiger partial charge in [-0.1, -0.05) is 18.2 Å². The van der Waals surface area contributed by atoms with Crippen LogP contribution in [0.5, 0.6) is 17.2 Å². The monoisotopic (exact) mass is 558 g/mol. The van der Waals surface area contributed by atoms with Crippen molar-refractivity contribution in [1.29, 1.82) is 0 Å². The number of aromatic nitrogens is 2. The van der Waals surface area contributed by atoms with Crippen LogP contribution in [0, 0.1) is 0 Å². The summed E-state index contributed by atoms with van der Waals surface area (Å²) in [5, 5.41) is 11.6. The predicted molar refractivity (Wildman–Crippen MR) is 152 cm³/mol. The summed E-state index contributed by atoms with van der Waals surface area (Å²) in [6.45, 7) is 1.05. The van der Waals surface area contributed by atoms with Crippen molar-refractivity contribution in [1.82, 2.24) is 19.8 Å².